The zero-order valence-corrected chi connectivity index (χ0v) is 12.6. The normalized spacial score (nSPS) is 17.5. The van der Waals surface area contributed by atoms with Gasteiger partial charge in [0, 0.05) is 19.8 Å². The topological polar surface area (TPSA) is 75.2 Å². The van der Waals surface area contributed by atoms with E-state index in [0.29, 0.717) is 6.54 Å². The van der Waals surface area contributed by atoms with Gasteiger partial charge in [-0.05, 0) is 30.5 Å². The van der Waals surface area contributed by atoms with Crippen LogP contribution in [0.5, 0.6) is 0 Å². The summed E-state index contributed by atoms with van der Waals surface area (Å²) in [4.78, 5) is 39.7. The number of benzene rings is 1. The zero-order valence-electron chi connectivity index (χ0n) is 12.6. The minimum absolute atomic E-state index is 0.0684. The maximum Gasteiger partial charge on any atom is 0.328 e. The minimum Gasteiger partial charge on any atom is -0.331 e. The van der Waals surface area contributed by atoms with Gasteiger partial charge in [0.2, 0.25) is 0 Å². The third-order valence-electron chi connectivity index (χ3n) is 4.11. The molecule has 1 amide bonds. The van der Waals surface area contributed by atoms with E-state index >= 15 is 0 Å². The Bertz CT molecular complexity index is 854. The number of hydrogen-bond donors (Lipinski definition) is 1. The van der Waals surface area contributed by atoms with Crippen molar-refractivity contribution in [3.8, 4) is 0 Å². The van der Waals surface area contributed by atoms with E-state index in [4.69, 9.17) is 0 Å². The quantitative estimate of drug-likeness (QED) is 0.904. The first kappa shape index (κ1) is 15.2. The predicted octanol–water partition coefficient (Wildman–Crippen LogP) is 1.19. The first-order chi connectivity index (χ1) is 11.0. The molecule has 2 heterocycles. The summed E-state index contributed by atoms with van der Waals surface area (Å²) in [5, 5.41) is 0. The van der Waals surface area contributed by atoms with E-state index in [0.717, 1.165) is 23.0 Å². The summed E-state index contributed by atoms with van der Waals surface area (Å²) < 4.78 is 14.2. The number of halogens is 1. The molecule has 1 saturated heterocycles. The van der Waals surface area contributed by atoms with E-state index < -0.39 is 17.2 Å². The van der Waals surface area contributed by atoms with Crippen LogP contribution in [-0.4, -0.2) is 26.9 Å². The number of aromatic nitrogens is 2. The molecule has 0 spiro atoms. The van der Waals surface area contributed by atoms with Crippen LogP contribution in [0.3, 0.4) is 0 Å². The van der Waals surface area contributed by atoms with Crippen LogP contribution in [0.1, 0.15) is 34.8 Å². The summed E-state index contributed by atoms with van der Waals surface area (Å²) in [7, 11) is 1.47. The molecule has 0 unspecified atom stereocenters. The fraction of sp³-hybridized carbons (Fsp3) is 0.312. The molecule has 1 atom stereocenters. The van der Waals surface area contributed by atoms with Gasteiger partial charge in [-0.25, -0.2) is 9.18 Å². The van der Waals surface area contributed by atoms with Crippen molar-refractivity contribution in [1.82, 2.24) is 14.5 Å². The number of hydrogen-bond acceptors (Lipinski definition) is 3. The lowest BCUT2D eigenvalue weighted by Gasteiger charge is -2.25. The molecule has 1 aliphatic heterocycles. The Morgan fingerprint density at radius 2 is 1.96 bits per heavy atom. The largest absolute Gasteiger partial charge is 0.331 e. The molecular formula is C16H16FN3O3. The summed E-state index contributed by atoms with van der Waals surface area (Å²) in [6.07, 6.45) is 2.81. The molecule has 1 fully saturated rings. The van der Waals surface area contributed by atoms with Gasteiger partial charge in [0.1, 0.15) is 11.4 Å². The first-order valence-electron chi connectivity index (χ1n) is 7.34. The number of aryl methyl sites for hydroxylation is 1. The summed E-state index contributed by atoms with van der Waals surface area (Å²) in [6.45, 7) is 0.517. The predicted molar refractivity (Wildman–Crippen MR) is 81.7 cm³/mol. The second-order valence-electron chi connectivity index (χ2n) is 5.62. The van der Waals surface area contributed by atoms with Crippen molar-refractivity contribution < 1.29 is 9.18 Å². The number of H-pyrrole nitrogens is 1. The lowest BCUT2D eigenvalue weighted by Crippen LogP contribution is -2.38. The zero-order chi connectivity index (χ0) is 16.6. The fourth-order valence-corrected chi connectivity index (χ4v) is 2.91. The number of carbonyl (C=O) groups excluding carboxylic acids is 1. The molecular weight excluding hydrogens is 301 g/mol. The SMILES string of the molecule is Cn1cc(C(=O)N2CCC[C@H]2c2ccc(F)cc2)c(=O)[nH]c1=O. The summed E-state index contributed by atoms with van der Waals surface area (Å²) in [5.41, 5.74) is -0.495. The highest BCUT2D eigenvalue weighted by Gasteiger charge is 2.32. The first-order valence-corrected chi connectivity index (χ1v) is 7.34. The van der Waals surface area contributed by atoms with Crippen LogP contribution in [-0.2, 0) is 7.05 Å². The highest BCUT2D eigenvalue weighted by atomic mass is 19.1. The Morgan fingerprint density at radius 1 is 1.26 bits per heavy atom. The molecule has 0 aliphatic carbocycles. The average molecular weight is 317 g/mol. The van der Waals surface area contributed by atoms with Gasteiger partial charge in [-0.15, -0.1) is 0 Å². The molecule has 120 valence electrons. The number of nitrogens with one attached hydrogen (secondary N) is 1. The number of likely N-dealkylation sites (tertiary alicyclic amines) is 1. The molecule has 3 rings (SSSR count). The van der Waals surface area contributed by atoms with Crippen molar-refractivity contribution in [2.75, 3.05) is 6.54 Å². The molecule has 0 saturated carbocycles. The highest BCUT2D eigenvalue weighted by Crippen LogP contribution is 2.32. The second-order valence-corrected chi connectivity index (χ2v) is 5.62. The smallest absolute Gasteiger partial charge is 0.328 e. The summed E-state index contributed by atoms with van der Waals surface area (Å²) >= 11 is 0. The maximum atomic E-state index is 13.1. The molecule has 0 radical (unpaired) electrons. The van der Waals surface area contributed by atoms with Crippen molar-refractivity contribution in [2.45, 2.75) is 18.9 Å². The molecule has 1 N–H and O–H groups in total. The van der Waals surface area contributed by atoms with E-state index in [-0.39, 0.29) is 17.4 Å². The fourth-order valence-electron chi connectivity index (χ4n) is 2.91. The number of rotatable bonds is 2. The van der Waals surface area contributed by atoms with Crippen molar-refractivity contribution in [2.24, 2.45) is 7.05 Å². The van der Waals surface area contributed by atoms with Gasteiger partial charge in [-0.2, -0.15) is 0 Å². The summed E-state index contributed by atoms with van der Waals surface area (Å²) in [6, 6.07) is 5.82. The van der Waals surface area contributed by atoms with E-state index in [1.807, 2.05) is 0 Å². The van der Waals surface area contributed by atoms with E-state index in [9.17, 15) is 18.8 Å². The Hall–Kier alpha value is -2.70. The lowest BCUT2D eigenvalue weighted by atomic mass is 10.0. The van der Waals surface area contributed by atoms with Crippen molar-refractivity contribution in [1.29, 1.82) is 0 Å². The third kappa shape index (κ3) is 2.81. The number of amides is 1. The Balaban J connectivity index is 1.95. The van der Waals surface area contributed by atoms with Crippen LogP contribution < -0.4 is 11.2 Å². The Labute approximate surface area is 131 Å². The van der Waals surface area contributed by atoms with Crippen LogP contribution >= 0.6 is 0 Å². The molecule has 2 aromatic rings. The van der Waals surface area contributed by atoms with Crippen LogP contribution in [0.15, 0.2) is 40.1 Å². The van der Waals surface area contributed by atoms with Crippen LogP contribution in [0, 0.1) is 5.82 Å². The molecule has 7 heteroatoms. The van der Waals surface area contributed by atoms with Crippen molar-refractivity contribution in [3.05, 3.63) is 68.2 Å². The van der Waals surface area contributed by atoms with Crippen LogP contribution in [0.25, 0.3) is 0 Å². The van der Waals surface area contributed by atoms with E-state index in [1.54, 1.807) is 17.0 Å². The summed E-state index contributed by atoms with van der Waals surface area (Å²) in [5.74, 6) is -0.757. The van der Waals surface area contributed by atoms with Gasteiger partial charge < -0.3 is 9.47 Å². The van der Waals surface area contributed by atoms with Gasteiger partial charge in [0.25, 0.3) is 11.5 Å². The lowest BCUT2D eigenvalue weighted by molar-refractivity contribution is 0.0732. The number of carbonyl (C=O) groups is 1. The van der Waals surface area contributed by atoms with E-state index in [2.05, 4.69) is 4.98 Å². The molecule has 6 nitrogen and oxygen atoms in total. The van der Waals surface area contributed by atoms with Crippen LogP contribution in [0.4, 0.5) is 4.39 Å². The average Bonchev–Trinajstić information content (AvgIpc) is 3.00. The number of nitrogens with zero attached hydrogens (tertiary/aromatic N) is 2. The molecule has 23 heavy (non-hydrogen) atoms. The van der Waals surface area contributed by atoms with Crippen molar-refractivity contribution in [3.63, 3.8) is 0 Å². The minimum atomic E-state index is -0.692. The molecule has 1 aromatic heterocycles. The van der Waals surface area contributed by atoms with Gasteiger partial charge in [0.15, 0.2) is 0 Å². The standard InChI is InChI=1S/C16H16FN3O3/c1-19-9-12(14(21)18-16(19)23)15(22)20-8-2-3-13(20)10-4-6-11(17)7-5-10/h4-7,9,13H,2-3,8H2,1H3,(H,18,21,23)/t13-/m0/s1. The highest BCUT2D eigenvalue weighted by molar-refractivity contribution is 5.94. The molecule has 1 aliphatic rings. The van der Waals surface area contributed by atoms with Gasteiger partial charge in [-0.1, -0.05) is 12.1 Å². The molecule has 1 aromatic carbocycles. The molecule has 0 bridgehead atoms. The van der Waals surface area contributed by atoms with Gasteiger partial charge in [-0.3, -0.25) is 14.6 Å². The monoisotopic (exact) mass is 317 g/mol. The number of aromatic amines is 1. The Morgan fingerprint density at radius 3 is 2.65 bits per heavy atom. The third-order valence-corrected chi connectivity index (χ3v) is 4.11. The Kier molecular flexibility index (Phi) is 3.85. The van der Waals surface area contributed by atoms with Crippen LogP contribution in [0.2, 0.25) is 0 Å². The van der Waals surface area contributed by atoms with E-state index in [1.165, 1.54) is 25.4 Å². The van der Waals surface area contributed by atoms with Gasteiger partial charge in [0.05, 0.1) is 6.04 Å². The second kappa shape index (κ2) is 5.83. The van der Waals surface area contributed by atoms with Crippen molar-refractivity contribution >= 4 is 5.91 Å². The van der Waals surface area contributed by atoms with Gasteiger partial charge >= 0.3 is 5.69 Å². The maximum absolute atomic E-state index is 13.1.